The number of benzene rings is 2. The first-order valence-electron chi connectivity index (χ1n) is 10.3. The highest BCUT2D eigenvalue weighted by Crippen LogP contribution is 2.56. The lowest BCUT2D eigenvalue weighted by molar-refractivity contribution is -0.135. The van der Waals surface area contributed by atoms with Gasteiger partial charge in [0.2, 0.25) is 11.8 Å². The SMILES string of the molecule is COc1ccc(NC(=O)[C@@H]2C[C@@H]3CCCN3[C@]23C(=O)Nc2c(Cl)cc(C)cc23)cc1. The molecule has 0 radical (unpaired) electrons. The predicted octanol–water partition coefficient (Wildman–Crippen LogP) is 3.93. The lowest BCUT2D eigenvalue weighted by Crippen LogP contribution is -2.53. The summed E-state index contributed by atoms with van der Waals surface area (Å²) in [5.41, 5.74) is 2.12. The quantitative estimate of drug-likeness (QED) is 0.781. The Morgan fingerprint density at radius 3 is 2.80 bits per heavy atom. The number of methoxy groups -OCH3 is 1. The van der Waals surface area contributed by atoms with Gasteiger partial charge in [-0.25, -0.2) is 0 Å². The maximum atomic E-state index is 13.5. The van der Waals surface area contributed by atoms with Crippen molar-refractivity contribution in [3.8, 4) is 5.75 Å². The Balaban J connectivity index is 1.57. The van der Waals surface area contributed by atoms with E-state index in [0.29, 0.717) is 22.8 Å². The summed E-state index contributed by atoms with van der Waals surface area (Å²) in [5.74, 6) is -0.0660. The van der Waals surface area contributed by atoms with Crippen molar-refractivity contribution in [2.75, 3.05) is 24.3 Å². The van der Waals surface area contributed by atoms with Crippen LogP contribution in [0.4, 0.5) is 11.4 Å². The third-order valence-electron chi connectivity index (χ3n) is 6.75. The predicted molar refractivity (Wildman–Crippen MR) is 116 cm³/mol. The highest BCUT2D eigenvalue weighted by molar-refractivity contribution is 6.35. The van der Waals surface area contributed by atoms with Crippen LogP contribution in [0, 0.1) is 12.8 Å². The van der Waals surface area contributed by atoms with Gasteiger partial charge in [0.05, 0.1) is 23.7 Å². The molecule has 30 heavy (non-hydrogen) atoms. The molecule has 2 amide bonds. The summed E-state index contributed by atoms with van der Waals surface area (Å²) in [6.07, 6.45) is 2.68. The third kappa shape index (κ3) is 2.67. The van der Waals surface area contributed by atoms with Crippen molar-refractivity contribution >= 4 is 34.8 Å². The molecule has 2 aromatic carbocycles. The molecule has 2 aromatic rings. The molecule has 0 aromatic heterocycles. The fraction of sp³-hybridized carbons (Fsp3) is 0.391. The highest BCUT2D eigenvalue weighted by Gasteiger charge is 2.65. The molecule has 0 saturated carbocycles. The van der Waals surface area contributed by atoms with Gasteiger partial charge in [0.25, 0.3) is 0 Å². The number of carbonyl (C=O) groups is 2. The largest absolute Gasteiger partial charge is 0.497 e. The van der Waals surface area contributed by atoms with Gasteiger partial charge in [0, 0.05) is 17.3 Å². The van der Waals surface area contributed by atoms with Crippen molar-refractivity contribution in [2.45, 2.75) is 37.8 Å². The van der Waals surface area contributed by atoms with Crippen LogP contribution >= 0.6 is 11.6 Å². The molecular weight excluding hydrogens is 402 g/mol. The molecule has 0 bridgehead atoms. The standard InChI is InChI=1S/C23H24ClN3O3/c1-13-10-17-20(19(24)11-13)26-22(29)23(17)18(12-15-4-3-9-27(15)23)21(28)25-14-5-7-16(30-2)8-6-14/h5-8,10-11,15,18H,3-4,9,12H2,1-2H3,(H,25,28)(H,26,29)/t15-,18-,23-/m0/s1. The van der Waals surface area contributed by atoms with Gasteiger partial charge in [-0.3, -0.25) is 14.5 Å². The third-order valence-corrected chi connectivity index (χ3v) is 7.04. The monoisotopic (exact) mass is 425 g/mol. The fourth-order valence-electron chi connectivity index (χ4n) is 5.52. The van der Waals surface area contributed by atoms with Crippen LogP contribution in [0.15, 0.2) is 36.4 Å². The number of anilines is 2. The van der Waals surface area contributed by atoms with E-state index in [-0.39, 0.29) is 17.9 Å². The molecular formula is C23H24ClN3O3. The average molecular weight is 426 g/mol. The Labute approximate surface area is 180 Å². The minimum absolute atomic E-state index is 0.143. The van der Waals surface area contributed by atoms with Crippen molar-refractivity contribution in [3.05, 3.63) is 52.5 Å². The number of hydrogen-bond acceptors (Lipinski definition) is 4. The number of nitrogens with one attached hydrogen (secondary N) is 2. The van der Waals surface area contributed by atoms with Gasteiger partial charge in [-0.05, 0) is 68.6 Å². The summed E-state index contributed by atoms with van der Waals surface area (Å²) in [6.45, 7) is 2.76. The lowest BCUT2D eigenvalue weighted by atomic mass is 9.78. The number of rotatable bonds is 3. The van der Waals surface area contributed by atoms with Crippen LogP contribution < -0.4 is 15.4 Å². The number of fused-ring (bicyclic) bond motifs is 4. The van der Waals surface area contributed by atoms with Gasteiger partial charge >= 0.3 is 0 Å². The molecule has 7 heteroatoms. The Morgan fingerprint density at radius 2 is 2.07 bits per heavy atom. The van der Waals surface area contributed by atoms with E-state index in [4.69, 9.17) is 16.3 Å². The van der Waals surface area contributed by atoms with Crippen LogP contribution in [0.5, 0.6) is 5.75 Å². The Hall–Kier alpha value is -2.57. The molecule has 5 rings (SSSR count). The van der Waals surface area contributed by atoms with Gasteiger partial charge in [0.1, 0.15) is 11.3 Å². The minimum Gasteiger partial charge on any atom is -0.497 e. The molecule has 156 valence electrons. The van der Waals surface area contributed by atoms with Crippen LogP contribution in [0.25, 0.3) is 0 Å². The van der Waals surface area contributed by atoms with Crippen molar-refractivity contribution in [3.63, 3.8) is 0 Å². The Bertz CT molecular complexity index is 1040. The van der Waals surface area contributed by atoms with E-state index in [2.05, 4.69) is 15.5 Å². The molecule has 2 fully saturated rings. The van der Waals surface area contributed by atoms with Gasteiger partial charge in [-0.1, -0.05) is 17.7 Å². The van der Waals surface area contributed by atoms with Crippen LogP contribution in [0.3, 0.4) is 0 Å². The van der Waals surface area contributed by atoms with Crippen molar-refractivity contribution in [1.29, 1.82) is 0 Å². The highest BCUT2D eigenvalue weighted by atomic mass is 35.5. The van der Waals surface area contributed by atoms with Gasteiger partial charge in [-0.15, -0.1) is 0 Å². The molecule has 6 nitrogen and oxygen atoms in total. The molecule has 0 unspecified atom stereocenters. The van der Waals surface area contributed by atoms with Crippen LogP contribution in [0.1, 0.15) is 30.4 Å². The molecule has 2 N–H and O–H groups in total. The average Bonchev–Trinajstić information content (AvgIpc) is 3.38. The van der Waals surface area contributed by atoms with E-state index in [0.717, 1.165) is 36.3 Å². The van der Waals surface area contributed by atoms with E-state index < -0.39 is 11.5 Å². The normalized spacial score (nSPS) is 27.1. The van der Waals surface area contributed by atoms with Crippen molar-refractivity contribution in [2.24, 2.45) is 5.92 Å². The zero-order valence-electron chi connectivity index (χ0n) is 17.0. The summed E-state index contributed by atoms with van der Waals surface area (Å²) in [6, 6.07) is 11.3. The number of carbonyl (C=O) groups excluding carboxylic acids is 2. The number of amides is 2. The maximum absolute atomic E-state index is 13.5. The summed E-state index contributed by atoms with van der Waals surface area (Å²) in [7, 11) is 1.60. The zero-order chi connectivity index (χ0) is 21.0. The van der Waals surface area contributed by atoms with E-state index in [1.165, 1.54) is 0 Å². The van der Waals surface area contributed by atoms with E-state index in [1.54, 1.807) is 19.2 Å². The number of ether oxygens (including phenoxy) is 1. The van der Waals surface area contributed by atoms with Gasteiger partial charge in [-0.2, -0.15) is 0 Å². The summed E-state index contributed by atoms with van der Waals surface area (Å²) in [5, 5.41) is 6.54. The second-order valence-electron chi connectivity index (χ2n) is 8.39. The van der Waals surface area contributed by atoms with Crippen molar-refractivity contribution < 1.29 is 14.3 Å². The second kappa shape index (κ2) is 7.00. The number of hydrogen-bond donors (Lipinski definition) is 2. The molecule has 3 aliphatic rings. The van der Waals surface area contributed by atoms with Crippen LogP contribution in [0.2, 0.25) is 5.02 Å². The van der Waals surface area contributed by atoms with Crippen molar-refractivity contribution in [1.82, 2.24) is 4.90 Å². The van der Waals surface area contributed by atoms with Gasteiger partial charge in [0.15, 0.2) is 0 Å². The molecule has 1 spiro atoms. The van der Waals surface area contributed by atoms with Crippen LogP contribution in [-0.2, 0) is 15.1 Å². The van der Waals surface area contributed by atoms with E-state index >= 15 is 0 Å². The van der Waals surface area contributed by atoms with Crippen LogP contribution in [-0.4, -0.2) is 36.4 Å². The fourth-order valence-corrected chi connectivity index (χ4v) is 5.84. The minimum atomic E-state index is -1.01. The Kier molecular flexibility index (Phi) is 4.52. The number of halogens is 1. The molecule has 3 atom stereocenters. The zero-order valence-corrected chi connectivity index (χ0v) is 17.8. The van der Waals surface area contributed by atoms with Gasteiger partial charge < -0.3 is 15.4 Å². The second-order valence-corrected chi connectivity index (χ2v) is 8.79. The summed E-state index contributed by atoms with van der Waals surface area (Å²) >= 11 is 6.48. The molecule has 0 aliphatic carbocycles. The maximum Gasteiger partial charge on any atom is 0.250 e. The first kappa shape index (κ1) is 19.4. The molecule has 3 heterocycles. The molecule has 3 aliphatic heterocycles. The number of nitrogens with zero attached hydrogens (tertiary/aromatic N) is 1. The summed E-state index contributed by atoms with van der Waals surface area (Å²) < 4.78 is 5.19. The Morgan fingerprint density at radius 1 is 1.30 bits per heavy atom. The van der Waals surface area contributed by atoms with E-state index in [1.807, 2.05) is 31.2 Å². The topological polar surface area (TPSA) is 70.7 Å². The smallest absolute Gasteiger partial charge is 0.250 e. The number of aryl methyl sites for hydroxylation is 1. The lowest BCUT2D eigenvalue weighted by Gasteiger charge is -2.36. The molecule has 2 saturated heterocycles. The first-order valence-corrected chi connectivity index (χ1v) is 10.7. The first-order chi connectivity index (χ1) is 14.4. The van der Waals surface area contributed by atoms with E-state index in [9.17, 15) is 9.59 Å². The summed E-state index contributed by atoms with van der Waals surface area (Å²) in [4.78, 5) is 29.2.